The molecule has 132 valence electrons. The lowest BCUT2D eigenvalue weighted by Gasteiger charge is -2.09. The van der Waals surface area contributed by atoms with Crippen LogP contribution in [-0.4, -0.2) is 16.8 Å². The quantitative estimate of drug-likeness (QED) is 0.712. The van der Waals surface area contributed by atoms with Crippen LogP contribution in [0.3, 0.4) is 0 Å². The van der Waals surface area contributed by atoms with E-state index < -0.39 is 11.7 Å². The van der Waals surface area contributed by atoms with E-state index in [4.69, 9.17) is 16.0 Å². The summed E-state index contributed by atoms with van der Waals surface area (Å²) in [6.45, 7) is 1.36. The predicted molar refractivity (Wildman–Crippen MR) is 95.6 cm³/mol. The van der Waals surface area contributed by atoms with E-state index >= 15 is 0 Å². The highest BCUT2D eigenvalue weighted by atomic mass is 35.5. The molecule has 0 spiro atoms. The van der Waals surface area contributed by atoms with E-state index in [2.05, 4.69) is 15.6 Å². The summed E-state index contributed by atoms with van der Waals surface area (Å²) in [6.07, 6.45) is 1.06. The second-order valence-corrected chi connectivity index (χ2v) is 5.75. The van der Waals surface area contributed by atoms with Crippen LogP contribution in [0.15, 0.2) is 53.3 Å². The molecule has 0 bridgehead atoms. The van der Waals surface area contributed by atoms with Gasteiger partial charge < -0.3 is 15.1 Å². The first kappa shape index (κ1) is 17.6. The third-order valence-corrected chi connectivity index (χ3v) is 3.77. The fraction of sp³-hybridized carbons (Fsp3) is 0.0556. The van der Waals surface area contributed by atoms with Gasteiger partial charge >= 0.3 is 0 Å². The van der Waals surface area contributed by atoms with Gasteiger partial charge in [-0.2, -0.15) is 0 Å². The van der Waals surface area contributed by atoms with Crippen LogP contribution >= 0.6 is 11.6 Å². The van der Waals surface area contributed by atoms with Crippen molar-refractivity contribution in [2.24, 2.45) is 0 Å². The molecule has 0 unspecified atom stereocenters. The maximum atomic E-state index is 14.0. The maximum absolute atomic E-state index is 14.0. The molecule has 0 saturated heterocycles. The zero-order valence-corrected chi connectivity index (χ0v) is 14.3. The number of hydrogen-bond acceptors (Lipinski definition) is 4. The van der Waals surface area contributed by atoms with Crippen LogP contribution in [0.4, 0.5) is 15.8 Å². The van der Waals surface area contributed by atoms with Crippen molar-refractivity contribution >= 4 is 34.8 Å². The molecule has 0 saturated carbocycles. The molecule has 6 nitrogen and oxygen atoms in total. The summed E-state index contributed by atoms with van der Waals surface area (Å²) in [7, 11) is 0. The number of aromatic nitrogens is 1. The van der Waals surface area contributed by atoms with E-state index in [1.54, 1.807) is 12.1 Å². The Morgan fingerprint density at radius 1 is 1.15 bits per heavy atom. The number of carbonyl (C=O) groups is 2. The maximum Gasteiger partial charge on any atom is 0.278 e. The van der Waals surface area contributed by atoms with Crippen LogP contribution in [0.5, 0.6) is 0 Å². The summed E-state index contributed by atoms with van der Waals surface area (Å²) in [4.78, 5) is 27.6. The Balaban J connectivity index is 1.90. The van der Waals surface area contributed by atoms with Crippen LogP contribution in [0, 0.1) is 5.82 Å². The van der Waals surface area contributed by atoms with Crippen molar-refractivity contribution < 1.29 is 18.4 Å². The lowest BCUT2D eigenvalue weighted by atomic mass is 10.1. The molecule has 2 amide bonds. The number of hydrogen-bond donors (Lipinski definition) is 2. The Bertz CT molecular complexity index is 987. The highest BCUT2D eigenvalue weighted by Crippen LogP contribution is 2.29. The number of oxazole rings is 1. The van der Waals surface area contributed by atoms with Gasteiger partial charge in [0.25, 0.3) is 5.91 Å². The van der Waals surface area contributed by atoms with Crippen LogP contribution in [-0.2, 0) is 4.79 Å². The second kappa shape index (κ2) is 7.37. The Labute approximate surface area is 153 Å². The predicted octanol–water partition coefficient (Wildman–Crippen LogP) is 4.34. The lowest BCUT2D eigenvalue weighted by Crippen LogP contribution is -2.14. The number of halogens is 2. The van der Waals surface area contributed by atoms with Gasteiger partial charge in [0.05, 0.1) is 16.3 Å². The molecular formula is C18H13ClFN3O3. The van der Waals surface area contributed by atoms with Gasteiger partial charge in [0.2, 0.25) is 5.91 Å². The minimum absolute atomic E-state index is 0.00902. The second-order valence-electron chi connectivity index (χ2n) is 5.34. The minimum Gasteiger partial charge on any atom is -0.443 e. The standard InChI is InChI=1S/C18H13ClFN3O3/c1-10(24)22-11-6-7-13(19)15(8-11)23-18(25)16-17(26-9-21-16)12-4-2-3-5-14(12)20/h2-9H,1H3,(H,22,24)(H,23,25). The summed E-state index contributed by atoms with van der Waals surface area (Å²) in [6, 6.07) is 10.5. The van der Waals surface area contributed by atoms with Crippen LogP contribution in [0.2, 0.25) is 5.02 Å². The molecule has 0 aliphatic carbocycles. The zero-order chi connectivity index (χ0) is 18.7. The monoisotopic (exact) mass is 373 g/mol. The molecule has 1 heterocycles. The number of rotatable bonds is 4. The van der Waals surface area contributed by atoms with Gasteiger partial charge in [-0.1, -0.05) is 23.7 Å². The topological polar surface area (TPSA) is 84.2 Å². The lowest BCUT2D eigenvalue weighted by molar-refractivity contribution is -0.114. The smallest absolute Gasteiger partial charge is 0.278 e. The molecule has 0 radical (unpaired) electrons. The van der Waals surface area contributed by atoms with E-state index in [0.717, 1.165) is 6.39 Å². The summed E-state index contributed by atoms with van der Waals surface area (Å²) < 4.78 is 19.2. The molecule has 8 heteroatoms. The van der Waals surface area contributed by atoms with E-state index in [1.165, 1.54) is 37.3 Å². The van der Waals surface area contributed by atoms with E-state index in [0.29, 0.717) is 5.69 Å². The first-order valence-electron chi connectivity index (χ1n) is 7.52. The normalized spacial score (nSPS) is 10.4. The summed E-state index contributed by atoms with van der Waals surface area (Å²) in [5.41, 5.74) is 0.765. The van der Waals surface area contributed by atoms with Gasteiger partial charge in [0.1, 0.15) is 5.82 Å². The summed E-state index contributed by atoms with van der Waals surface area (Å²) in [5, 5.41) is 5.45. The van der Waals surface area contributed by atoms with Gasteiger partial charge in [-0.05, 0) is 30.3 Å². The molecule has 0 aliphatic heterocycles. The number of amides is 2. The van der Waals surface area contributed by atoms with Crippen LogP contribution in [0.1, 0.15) is 17.4 Å². The minimum atomic E-state index is -0.626. The molecule has 0 fully saturated rings. The third-order valence-electron chi connectivity index (χ3n) is 3.44. The van der Waals surface area contributed by atoms with Crippen molar-refractivity contribution in [3.63, 3.8) is 0 Å². The first-order valence-corrected chi connectivity index (χ1v) is 7.90. The number of benzene rings is 2. The van der Waals surface area contributed by atoms with Gasteiger partial charge in [-0.25, -0.2) is 9.37 Å². The Morgan fingerprint density at radius 2 is 1.92 bits per heavy atom. The molecule has 0 aliphatic rings. The molecule has 1 aromatic heterocycles. The van der Waals surface area contributed by atoms with Crippen molar-refractivity contribution in [3.05, 3.63) is 65.4 Å². The average molecular weight is 374 g/mol. The molecule has 3 aromatic rings. The summed E-state index contributed by atoms with van der Waals surface area (Å²) >= 11 is 6.09. The van der Waals surface area contributed by atoms with E-state index in [1.807, 2.05) is 0 Å². The fourth-order valence-electron chi connectivity index (χ4n) is 2.33. The average Bonchev–Trinajstić information content (AvgIpc) is 3.07. The van der Waals surface area contributed by atoms with Crippen molar-refractivity contribution in [1.82, 2.24) is 4.98 Å². The molecule has 2 N–H and O–H groups in total. The summed E-state index contributed by atoms with van der Waals surface area (Å²) in [5.74, 6) is -1.42. The van der Waals surface area contributed by atoms with Crippen molar-refractivity contribution in [2.45, 2.75) is 6.92 Å². The van der Waals surface area contributed by atoms with Crippen molar-refractivity contribution in [1.29, 1.82) is 0 Å². The molecule has 0 atom stereocenters. The largest absolute Gasteiger partial charge is 0.443 e. The van der Waals surface area contributed by atoms with Gasteiger partial charge in [-0.3, -0.25) is 9.59 Å². The number of nitrogens with zero attached hydrogens (tertiary/aromatic N) is 1. The third kappa shape index (κ3) is 3.73. The number of anilines is 2. The van der Waals surface area contributed by atoms with Gasteiger partial charge in [-0.15, -0.1) is 0 Å². The molecular weight excluding hydrogens is 361 g/mol. The Morgan fingerprint density at radius 3 is 2.65 bits per heavy atom. The van der Waals surface area contributed by atoms with Gasteiger partial charge in [0, 0.05) is 12.6 Å². The molecule has 26 heavy (non-hydrogen) atoms. The van der Waals surface area contributed by atoms with Crippen LogP contribution < -0.4 is 10.6 Å². The van der Waals surface area contributed by atoms with Crippen LogP contribution in [0.25, 0.3) is 11.3 Å². The highest BCUT2D eigenvalue weighted by molar-refractivity contribution is 6.34. The SMILES string of the molecule is CC(=O)Nc1ccc(Cl)c(NC(=O)c2ncoc2-c2ccccc2F)c1. The fourth-order valence-corrected chi connectivity index (χ4v) is 2.49. The molecule has 2 aromatic carbocycles. The van der Waals surface area contributed by atoms with Gasteiger partial charge in [0.15, 0.2) is 17.8 Å². The number of carbonyl (C=O) groups excluding carboxylic acids is 2. The molecule has 3 rings (SSSR count). The van der Waals surface area contributed by atoms with E-state index in [9.17, 15) is 14.0 Å². The first-order chi connectivity index (χ1) is 12.5. The Kier molecular flexibility index (Phi) is 4.99. The number of nitrogens with one attached hydrogen (secondary N) is 2. The Hall–Kier alpha value is -3.19. The van der Waals surface area contributed by atoms with E-state index in [-0.39, 0.29) is 33.6 Å². The van der Waals surface area contributed by atoms with Crippen molar-refractivity contribution in [3.8, 4) is 11.3 Å². The zero-order valence-electron chi connectivity index (χ0n) is 13.5. The highest BCUT2D eigenvalue weighted by Gasteiger charge is 2.21. The van der Waals surface area contributed by atoms with Crippen molar-refractivity contribution in [2.75, 3.05) is 10.6 Å².